The van der Waals surface area contributed by atoms with E-state index in [1.54, 1.807) is 18.2 Å². The number of nitrogens with one attached hydrogen (secondary N) is 1. The van der Waals surface area contributed by atoms with Crippen LogP contribution in [0.2, 0.25) is 0 Å². The van der Waals surface area contributed by atoms with E-state index in [1.807, 2.05) is 6.07 Å². The number of rotatable bonds is 3. The molecule has 1 saturated heterocycles. The molecule has 4 nitrogen and oxygen atoms in total. The lowest BCUT2D eigenvalue weighted by Crippen LogP contribution is -2.37. The van der Waals surface area contributed by atoms with Gasteiger partial charge in [-0.2, -0.15) is 0 Å². The third-order valence-electron chi connectivity index (χ3n) is 2.84. The third kappa shape index (κ3) is 3.62. The van der Waals surface area contributed by atoms with Crippen LogP contribution in [-0.4, -0.2) is 32.3 Å². The average Bonchev–Trinajstić information content (AvgIpc) is 2.40. The van der Waals surface area contributed by atoms with E-state index in [2.05, 4.69) is 5.32 Å². The Labute approximate surface area is 113 Å². The van der Waals surface area contributed by atoms with Crippen molar-refractivity contribution in [2.24, 2.45) is 0 Å². The molecule has 1 unspecified atom stereocenters. The molecule has 18 heavy (non-hydrogen) atoms. The van der Waals surface area contributed by atoms with E-state index in [0.29, 0.717) is 11.3 Å². The number of para-hydroxylation sites is 1. The fourth-order valence-corrected chi connectivity index (χ4v) is 1.95. The molecular weight excluding hydrogens is 254 g/mol. The molecule has 0 amide bonds. The molecule has 0 radical (unpaired) electrons. The molecule has 1 heterocycles. The molecule has 1 aliphatic rings. The van der Waals surface area contributed by atoms with Crippen LogP contribution in [0, 0.1) is 0 Å². The zero-order valence-corrected chi connectivity index (χ0v) is 11.2. The Kier molecular flexibility index (Phi) is 5.95. The predicted octanol–water partition coefficient (Wildman–Crippen LogP) is 2.03. The summed E-state index contributed by atoms with van der Waals surface area (Å²) in [7, 11) is 1.38. The largest absolute Gasteiger partial charge is 0.488 e. The topological polar surface area (TPSA) is 47.6 Å². The normalized spacial score (nSPS) is 18.6. The van der Waals surface area contributed by atoms with Gasteiger partial charge >= 0.3 is 5.97 Å². The lowest BCUT2D eigenvalue weighted by Gasteiger charge is -2.24. The molecule has 0 bridgehead atoms. The summed E-state index contributed by atoms with van der Waals surface area (Å²) in [4.78, 5) is 11.6. The molecular formula is C13H18ClNO3. The zero-order chi connectivity index (χ0) is 12.1. The van der Waals surface area contributed by atoms with Crippen LogP contribution in [0.25, 0.3) is 0 Å². The number of piperidine rings is 1. The van der Waals surface area contributed by atoms with Gasteiger partial charge < -0.3 is 14.8 Å². The van der Waals surface area contributed by atoms with Gasteiger partial charge in [-0.25, -0.2) is 4.79 Å². The van der Waals surface area contributed by atoms with E-state index < -0.39 is 0 Å². The fraction of sp³-hybridized carbons (Fsp3) is 0.462. The van der Waals surface area contributed by atoms with Crippen molar-refractivity contribution in [3.63, 3.8) is 0 Å². The summed E-state index contributed by atoms with van der Waals surface area (Å²) in [5, 5.41) is 3.28. The molecule has 0 spiro atoms. The van der Waals surface area contributed by atoms with Gasteiger partial charge in [-0.3, -0.25) is 0 Å². The fourth-order valence-electron chi connectivity index (χ4n) is 1.95. The van der Waals surface area contributed by atoms with Crippen LogP contribution in [-0.2, 0) is 4.74 Å². The average molecular weight is 272 g/mol. The Bertz CT molecular complexity index is 392. The molecule has 1 N–H and O–H groups in total. The molecule has 100 valence electrons. The smallest absolute Gasteiger partial charge is 0.341 e. The summed E-state index contributed by atoms with van der Waals surface area (Å²) in [6.07, 6.45) is 2.25. The summed E-state index contributed by atoms with van der Waals surface area (Å²) >= 11 is 0. The van der Waals surface area contributed by atoms with Crippen molar-refractivity contribution in [3.8, 4) is 5.75 Å². The number of hydrogen-bond acceptors (Lipinski definition) is 4. The molecule has 1 fully saturated rings. The van der Waals surface area contributed by atoms with Gasteiger partial charge in [-0.1, -0.05) is 12.1 Å². The number of hydrogen-bond donors (Lipinski definition) is 1. The maximum Gasteiger partial charge on any atom is 0.341 e. The highest BCUT2D eigenvalue weighted by Gasteiger charge is 2.18. The summed E-state index contributed by atoms with van der Waals surface area (Å²) in [5.74, 6) is 0.248. The Morgan fingerprint density at radius 3 is 2.83 bits per heavy atom. The SMILES string of the molecule is COC(=O)c1ccccc1OC1CCCNC1.Cl. The predicted molar refractivity (Wildman–Crippen MR) is 71.5 cm³/mol. The number of carbonyl (C=O) groups is 1. The number of ether oxygens (including phenoxy) is 2. The minimum absolute atomic E-state index is 0. The first-order chi connectivity index (χ1) is 8.31. The number of carbonyl (C=O) groups excluding carboxylic acids is 1. The van der Waals surface area contributed by atoms with Gasteiger partial charge in [-0.05, 0) is 31.5 Å². The zero-order valence-electron chi connectivity index (χ0n) is 10.3. The minimum Gasteiger partial charge on any atom is -0.488 e. The Morgan fingerprint density at radius 1 is 1.39 bits per heavy atom. The van der Waals surface area contributed by atoms with Crippen LogP contribution >= 0.6 is 12.4 Å². The Morgan fingerprint density at radius 2 is 2.17 bits per heavy atom. The maximum atomic E-state index is 11.6. The van der Waals surface area contributed by atoms with E-state index in [9.17, 15) is 4.79 Å². The number of halogens is 1. The highest BCUT2D eigenvalue weighted by molar-refractivity contribution is 5.92. The van der Waals surface area contributed by atoms with Crippen molar-refractivity contribution in [3.05, 3.63) is 29.8 Å². The van der Waals surface area contributed by atoms with E-state index in [-0.39, 0.29) is 24.5 Å². The molecule has 1 aromatic rings. The third-order valence-corrected chi connectivity index (χ3v) is 2.84. The first-order valence-corrected chi connectivity index (χ1v) is 5.86. The highest BCUT2D eigenvalue weighted by Crippen LogP contribution is 2.21. The van der Waals surface area contributed by atoms with Crippen molar-refractivity contribution >= 4 is 18.4 Å². The lowest BCUT2D eigenvalue weighted by atomic mass is 10.1. The molecule has 2 rings (SSSR count). The van der Waals surface area contributed by atoms with Crippen molar-refractivity contribution < 1.29 is 14.3 Å². The summed E-state index contributed by atoms with van der Waals surface area (Å²) < 4.78 is 10.6. The van der Waals surface area contributed by atoms with E-state index in [0.717, 1.165) is 25.9 Å². The molecule has 0 aromatic heterocycles. The quantitative estimate of drug-likeness (QED) is 0.855. The van der Waals surface area contributed by atoms with Crippen LogP contribution in [0.5, 0.6) is 5.75 Å². The van der Waals surface area contributed by atoms with Crippen LogP contribution in [0.1, 0.15) is 23.2 Å². The van der Waals surface area contributed by atoms with E-state index in [4.69, 9.17) is 9.47 Å². The van der Waals surface area contributed by atoms with Crippen molar-refractivity contribution in [2.45, 2.75) is 18.9 Å². The van der Waals surface area contributed by atoms with Crippen molar-refractivity contribution in [2.75, 3.05) is 20.2 Å². The highest BCUT2D eigenvalue weighted by atomic mass is 35.5. The van der Waals surface area contributed by atoms with Crippen LogP contribution < -0.4 is 10.1 Å². The van der Waals surface area contributed by atoms with Gasteiger partial charge in [-0.15, -0.1) is 12.4 Å². The van der Waals surface area contributed by atoms with Gasteiger partial charge in [0.1, 0.15) is 17.4 Å². The van der Waals surface area contributed by atoms with E-state index >= 15 is 0 Å². The second-order valence-electron chi connectivity index (χ2n) is 4.07. The Hall–Kier alpha value is -1.26. The van der Waals surface area contributed by atoms with Gasteiger partial charge in [0.2, 0.25) is 0 Å². The van der Waals surface area contributed by atoms with Gasteiger partial charge in [0.15, 0.2) is 0 Å². The van der Waals surface area contributed by atoms with Gasteiger partial charge in [0.05, 0.1) is 7.11 Å². The first-order valence-electron chi connectivity index (χ1n) is 5.86. The molecule has 1 atom stereocenters. The second kappa shape index (κ2) is 7.24. The monoisotopic (exact) mass is 271 g/mol. The summed E-state index contributed by atoms with van der Waals surface area (Å²) in [5.41, 5.74) is 0.487. The van der Waals surface area contributed by atoms with Gasteiger partial charge in [0, 0.05) is 6.54 Å². The van der Waals surface area contributed by atoms with Crippen molar-refractivity contribution in [1.82, 2.24) is 5.32 Å². The lowest BCUT2D eigenvalue weighted by molar-refractivity contribution is 0.0591. The number of esters is 1. The summed E-state index contributed by atoms with van der Waals surface area (Å²) in [6.45, 7) is 1.87. The molecule has 0 aliphatic carbocycles. The molecule has 1 aromatic carbocycles. The second-order valence-corrected chi connectivity index (χ2v) is 4.07. The molecule has 1 aliphatic heterocycles. The van der Waals surface area contributed by atoms with Crippen molar-refractivity contribution in [1.29, 1.82) is 0 Å². The maximum absolute atomic E-state index is 11.6. The molecule has 0 saturated carbocycles. The first kappa shape index (κ1) is 14.8. The van der Waals surface area contributed by atoms with E-state index in [1.165, 1.54) is 7.11 Å². The Balaban J connectivity index is 0.00000162. The standard InChI is InChI=1S/C13H17NO3.ClH/c1-16-13(15)11-6-2-3-7-12(11)17-10-5-4-8-14-9-10;/h2-3,6-7,10,14H,4-5,8-9H2,1H3;1H. The summed E-state index contributed by atoms with van der Waals surface area (Å²) in [6, 6.07) is 7.19. The minimum atomic E-state index is -0.357. The number of methoxy groups -OCH3 is 1. The number of benzene rings is 1. The van der Waals surface area contributed by atoms with Crippen LogP contribution in [0.3, 0.4) is 0 Å². The van der Waals surface area contributed by atoms with Gasteiger partial charge in [0.25, 0.3) is 0 Å². The van der Waals surface area contributed by atoms with Crippen LogP contribution in [0.15, 0.2) is 24.3 Å². The molecule has 5 heteroatoms. The van der Waals surface area contributed by atoms with Crippen LogP contribution in [0.4, 0.5) is 0 Å².